The largest absolute Gasteiger partial charge is 0.345 e. The number of hydrogen-bond donors (Lipinski definition) is 2. The van der Waals surface area contributed by atoms with Crippen LogP contribution in [0.5, 0.6) is 0 Å². The number of pyridine rings is 1. The van der Waals surface area contributed by atoms with Crippen molar-refractivity contribution in [3.05, 3.63) is 81.0 Å². The van der Waals surface area contributed by atoms with E-state index in [1.165, 1.54) is 25.2 Å². The number of aromatic nitrogens is 1. The Labute approximate surface area is 170 Å². The van der Waals surface area contributed by atoms with Gasteiger partial charge in [-0.15, -0.1) is 0 Å². The number of nitrogens with one attached hydrogen (secondary N) is 2. The van der Waals surface area contributed by atoms with Crippen LogP contribution in [0.2, 0.25) is 0 Å². The SMILES string of the molecule is CNn1c(C)c(C(=O)NC(c2ccc(F)c(F)c2)C2CC2)c2cccc(F)c2c1=O. The van der Waals surface area contributed by atoms with Crippen LogP contribution in [0.15, 0.2) is 41.2 Å². The summed E-state index contributed by atoms with van der Waals surface area (Å²) >= 11 is 0. The summed E-state index contributed by atoms with van der Waals surface area (Å²) in [5.74, 6) is -3.10. The lowest BCUT2D eigenvalue weighted by molar-refractivity contribution is 0.0932. The van der Waals surface area contributed by atoms with Crippen molar-refractivity contribution in [1.29, 1.82) is 0 Å². The first-order chi connectivity index (χ1) is 14.3. The van der Waals surface area contributed by atoms with Gasteiger partial charge in [0.25, 0.3) is 11.5 Å². The number of fused-ring (bicyclic) bond motifs is 1. The summed E-state index contributed by atoms with van der Waals surface area (Å²) in [4.78, 5) is 26.0. The standard InChI is InChI=1S/C22H20F3N3O2/c1-11-18(14-4-3-5-16(24)19(14)22(30)28(11)26-2)21(29)27-20(12-6-7-12)13-8-9-15(23)17(25)10-13/h3-5,8-10,12,20,26H,6-7H2,1-2H3,(H,27,29). The highest BCUT2D eigenvalue weighted by molar-refractivity contribution is 6.08. The summed E-state index contributed by atoms with van der Waals surface area (Å²) in [6.07, 6.45) is 1.68. The lowest BCUT2D eigenvalue weighted by atomic mass is 9.99. The molecule has 1 unspecified atom stereocenters. The van der Waals surface area contributed by atoms with Crippen molar-refractivity contribution in [2.75, 3.05) is 12.5 Å². The number of rotatable bonds is 5. The quantitative estimate of drug-likeness (QED) is 0.667. The van der Waals surface area contributed by atoms with Crippen LogP contribution in [0.25, 0.3) is 10.8 Å². The van der Waals surface area contributed by atoms with Crippen molar-refractivity contribution < 1.29 is 18.0 Å². The van der Waals surface area contributed by atoms with Gasteiger partial charge in [0.2, 0.25) is 0 Å². The van der Waals surface area contributed by atoms with Crippen molar-refractivity contribution in [2.24, 2.45) is 5.92 Å². The van der Waals surface area contributed by atoms with Gasteiger partial charge in [-0.25, -0.2) is 17.8 Å². The zero-order valence-electron chi connectivity index (χ0n) is 16.4. The summed E-state index contributed by atoms with van der Waals surface area (Å²) in [6.45, 7) is 1.58. The number of amides is 1. The van der Waals surface area contributed by atoms with Gasteiger partial charge in [0.1, 0.15) is 5.82 Å². The zero-order valence-corrected chi connectivity index (χ0v) is 16.4. The van der Waals surface area contributed by atoms with E-state index in [0.717, 1.165) is 35.7 Å². The number of halogens is 3. The molecule has 4 rings (SSSR count). The Balaban J connectivity index is 1.82. The smallest absolute Gasteiger partial charge is 0.279 e. The molecule has 1 aliphatic carbocycles. The minimum Gasteiger partial charge on any atom is -0.345 e. The lowest BCUT2D eigenvalue weighted by Gasteiger charge is -2.22. The summed E-state index contributed by atoms with van der Waals surface area (Å²) < 4.78 is 42.7. The molecule has 3 aromatic rings. The number of hydrogen-bond acceptors (Lipinski definition) is 3. The summed E-state index contributed by atoms with van der Waals surface area (Å²) in [5, 5.41) is 2.89. The topological polar surface area (TPSA) is 63.1 Å². The number of carbonyl (C=O) groups excluding carboxylic acids is 1. The second-order valence-electron chi connectivity index (χ2n) is 7.45. The minimum atomic E-state index is -0.986. The molecule has 0 saturated heterocycles. The van der Waals surface area contributed by atoms with Gasteiger partial charge >= 0.3 is 0 Å². The number of carbonyl (C=O) groups is 1. The van der Waals surface area contributed by atoms with E-state index >= 15 is 0 Å². The summed E-state index contributed by atoms with van der Waals surface area (Å²) in [5.41, 5.74) is 3.00. The van der Waals surface area contributed by atoms with E-state index in [1.807, 2.05) is 0 Å². The van der Waals surface area contributed by atoms with E-state index in [0.29, 0.717) is 11.3 Å². The van der Waals surface area contributed by atoms with Crippen LogP contribution in [0.4, 0.5) is 13.2 Å². The first kappa shape index (κ1) is 20.0. The highest BCUT2D eigenvalue weighted by Crippen LogP contribution is 2.41. The predicted octanol–water partition coefficient (Wildman–Crippen LogP) is 3.78. The molecule has 0 radical (unpaired) electrons. The average Bonchev–Trinajstić information content (AvgIpc) is 3.54. The van der Waals surface area contributed by atoms with Crippen LogP contribution in [0.1, 0.15) is 40.5 Å². The molecular weight excluding hydrogens is 395 g/mol. The second kappa shape index (κ2) is 7.51. The highest BCUT2D eigenvalue weighted by Gasteiger charge is 2.35. The van der Waals surface area contributed by atoms with Crippen molar-refractivity contribution in [3.63, 3.8) is 0 Å². The lowest BCUT2D eigenvalue weighted by Crippen LogP contribution is -2.35. The van der Waals surface area contributed by atoms with Crippen molar-refractivity contribution >= 4 is 16.7 Å². The molecule has 30 heavy (non-hydrogen) atoms. The Morgan fingerprint density at radius 2 is 1.83 bits per heavy atom. The summed E-state index contributed by atoms with van der Waals surface area (Å²) in [7, 11) is 1.50. The Morgan fingerprint density at radius 1 is 1.10 bits per heavy atom. The van der Waals surface area contributed by atoms with Crippen LogP contribution in [-0.4, -0.2) is 17.6 Å². The van der Waals surface area contributed by atoms with E-state index in [1.54, 1.807) is 6.92 Å². The third-order valence-electron chi connectivity index (χ3n) is 5.53. The van der Waals surface area contributed by atoms with Gasteiger partial charge in [0.05, 0.1) is 22.7 Å². The van der Waals surface area contributed by atoms with Crippen LogP contribution in [0.3, 0.4) is 0 Å². The summed E-state index contributed by atoms with van der Waals surface area (Å²) in [6, 6.07) is 7.15. The molecule has 2 aromatic carbocycles. The van der Waals surface area contributed by atoms with Gasteiger partial charge in [-0.2, -0.15) is 0 Å². The molecule has 1 atom stereocenters. The molecule has 0 aliphatic heterocycles. The molecule has 0 bridgehead atoms. The Hall–Kier alpha value is -3.29. The maximum absolute atomic E-state index is 14.4. The molecule has 5 nitrogen and oxygen atoms in total. The maximum atomic E-state index is 14.4. The molecule has 1 heterocycles. The maximum Gasteiger partial charge on any atom is 0.279 e. The van der Waals surface area contributed by atoms with Gasteiger partial charge in [-0.3, -0.25) is 9.59 Å². The molecule has 8 heteroatoms. The molecule has 2 N–H and O–H groups in total. The molecule has 1 aliphatic rings. The van der Waals surface area contributed by atoms with E-state index < -0.39 is 35.0 Å². The first-order valence-corrected chi connectivity index (χ1v) is 9.61. The van der Waals surface area contributed by atoms with E-state index in [4.69, 9.17) is 0 Å². The van der Waals surface area contributed by atoms with Gasteiger partial charge in [-0.05, 0) is 49.4 Å². The van der Waals surface area contributed by atoms with Crippen LogP contribution < -0.4 is 16.3 Å². The molecule has 1 aromatic heterocycles. The molecule has 0 spiro atoms. The fourth-order valence-electron chi connectivity index (χ4n) is 3.90. The third kappa shape index (κ3) is 3.32. The predicted molar refractivity (Wildman–Crippen MR) is 107 cm³/mol. The fraction of sp³-hybridized carbons (Fsp3) is 0.273. The van der Waals surface area contributed by atoms with Gasteiger partial charge < -0.3 is 10.7 Å². The Bertz CT molecular complexity index is 1220. The molecule has 1 saturated carbocycles. The van der Waals surface area contributed by atoms with E-state index in [2.05, 4.69) is 10.7 Å². The number of benzene rings is 2. The van der Waals surface area contributed by atoms with Gasteiger partial charge in [-0.1, -0.05) is 18.2 Å². The van der Waals surface area contributed by atoms with Crippen molar-refractivity contribution in [1.82, 2.24) is 9.99 Å². The Kier molecular flexibility index (Phi) is 5.01. The average molecular weight is 415 g/mol. The minimum absolute atomic E-state index is 0.0947. The van der Waals surface area contributed by atoms with Crippen molar-refractivity contribution in [3.8, 4) is 0 Å². The van der Waals surface area contributed by atoms with Crippen LogP contribution >= 0.6 is 0 Å². The highest BCUT2D eigenvalue weighted by atomic mass is 19.2. The molecule has 1 amide bonds. The first-order valence-electron chi connectivity index (χ1n) is 9.61. The molecule has 156 valence electrons. The molecular formula is C22H20F3N3O2. The number of nitrogens with zero attached hydrogens (tertiary/aromatic N) is 1. The third-order valence-corrected chi connectivity index (χ3v) is 5.53. The van der Waals surface area contributed by atoms with E-state index in [9.17, 15) is 22.8 Å². The van der Waals surface area contributed by atoms with E-state index in [-0.39, 0.29) is 22.3 Å². The zero-order chi connectivity index (χ0) is 21.6. The monoisotopic (exact) mass is 415 g/mol. The molecule has 1 fully saturated rings. The van der Waals surface area contributed by atoms with Crippen LogP contribution in [0, 0.1) is 30.3 Å². The van der Waals surface area contributed by atoms with Gasteiger partial charge in [0.15, 0.2) is 11.6 Å². The van der Waals surface area contributed by atoms with Crippen molar-refractivity contribution in [2.45, 2.75) is 25.8 Å². The van der Waals surface area contributed by atoms with Crippen LogP contribution in [-0.2, 0) is 0 Å². The Morgan fingerprint density at radius 3 is 2.47 bits per heavy atom. The van der Waals surface area contributed by atoms with Gasteiger partial charge in [0, 0.05) is 12.4 Å². The normalized spacial score (nSPS) is 14.6. The fourth-order valence-corrected chi connectivity index (χ4v) is 3.90. The second-order valence-corrected chi connectivity index (χ2v) is 7.45.